The summed E-state index contributed by atoms with van der Waals surface area (Å²) in [6, 6.07) is 5.48. The molecule has 4 rings (SSSR count). The molecule has 9 nitrogen and oxygen atoms in total. The van der Waals surface area contributed by atoms with Crippen molar-refractivity contribution in [2.45, 2.75) is 19.4 Å². The fraction of sp³-hybridized carbons (Fsp3) is 0.476. The molecule has 1 aliphatic carbocycles. The number of halogens is 2. The second-order valence-corrected chi connectivity index (χ2v) is 11.6. The number of sulfonamides is 1. The summed E-state index contributed by atoms with van der Waals surface area (Å²) in [5, 5.41) is 7.54. The van der Waals surface area contributed by atoms with E-state index in [1.807, 2.05) is 18.2 Å². The summed E-state index contributed by atoms with van der Waals surface area (Å²) in [6.45, 7) is 3.48. The Morgan fingerprint density at radius 3 is 2.67 bits per heavy atom. The van der Waals surface area contributed by atoms with Gasteiger partial charge in [-0.1, -0.05) is 11.6 Å². The van der Waals surface area contributed by atoms with Crippen molar-refractivity contribution in [2.75, 3.05) is 44.3 Å². The molecule has 0 unspecified atom stereocenters. The van der Waals surface area contributed by atoms with Gasteiger partial charge in [0.05, 0.1) is 21.4 Å². The minimum Gasteiger partial charge on any atom is -0.437 e. The van der Waals surface area contributed by atoms with Crippen LogP contribution < -0.4 is 10.1 Å². The van der Waals surface area contributed by atoms with E-state index >= 15 is 0 Å². The first-order valence-corrected chi connectivity index (χ1v) is 13.7. The normalized spacial score (nSPS) is 17.7. The molecule has 1 aliphatic heterocycles. The molecule has 0 radical (unpaired) electrons. The van der Waals surface area contributed by atoms with Crippen LogP contribution in [0.3, 0.4) is 0 Å². The molecular formula is C21H26BrClN6O3S. The highest BCUT2D eigenvalue weighted by molar-refractivity contribution is 9.10. The average Bonchev–Trinajstić information content (AvgIpc) is 3.60. The quantitative estimate of drug-likeness (QED) is 0.426. The minimum atomic E-state index is -3.18. The SMILES string of the molecule is CS(=O)(=O)N1CCN(Cc2cc(Cl)cnc2Oc2ccc(NCC3CC3)c(N=N)c2Br)CC1. The Kier molecular flexibility index (Phi) is 7.54. The monoisotopic (exact) mass is 556 g/mol. The van der Waals surface area contributed by atoms with Gasteiger partial charge in [-0.3, -0.25) is 4.90 Å². The van der Waals surface area contributed by atoms with E-state index in [9.17, 15) is 8.42 Å². The maximum atomic E-state index is 11.8. The molecular weight excluding hydrogens is 532 g/mol. The summed E-state index contributed by atoms with van der Waals surface area (Å²) >= 11 is 9.73. The largest absolute Gasteiger partial charge is 0.437 e. The van der Waals surface area contributed by atoms with Crippen molar-refractivity contribution in [1.29, 1.82) is 5.53 Å². The van der Waals surface area contributed by atoms with Gasteiger partial charge in [-0.2, -0.15) is 9.42 Å². The summed E-state index contributed by atoms with van der Waals surface area (Å²) in [7, 11) is -3.18. The minimum absolute atomic E-state index is 0.403. The molecule has 0 spiro atoms. The van der Waals surface area contributed by atoms with Gasteiger partial charge in [-0.25, -0.2) is 18.9 Å². The first-order valence-electron chi connectivity index (χ1n) is 10.7. The Labute approximate surface area is 207 Å². The number of nitrogens with zero attached hydrogens (tertiary/aromatic N) is 4. The number of benzene rings is 1. The van der Waals surface area contributed by atoms with Crippen LogP contribution in [0.1, 0.15) is 18.4 Å². The highest BCUT2D eigenvalue weighted by Gasteiger charge is 2.25. The number of hydrogen-bond acceptors (Lipinski definition) is 8. The third kappa shape index (κ3) is 6.21. The number of hydrogen-bond donors (Lipinski definition) is 2. The summed E-state index contributed by atoms with van der Waals surface area (Å²) in [5.74, 6) is 1.59. The van der Waals surface area contributed by atoms with Crippen molar-refractivity contribution in [3.8, 4) is 11.6 Å². The Morgan fingerprint density at radius 2 is 2.03 bits per heavy atom. The summed E-state index contributed by atoms with van der Waals surface area (Å²) in [4.78, 5) is 6.52. The van der Waals surface area contributed by atoms with Crippen molar-refractivity contribution in [3.63, 3.8) is 0 Å². The third-order valence-corrected chi connectivity index (χ3v) is 8.04. The molecule has 0 atom stereocenters. The van der Waals surface area contributed by atoms with Crippen LogP contribution in [0.25, 0.3) is 0 Å². The van der Waals surface area contributed by atoms with Crippen molar-refractivity contribution in [1.82, 2.24) is 14.2 Å². The van der Waals surface area contributed by atoms with Gasteiger partial charge in [-0.05, 0) is 52.9 Å². The van der Waals surface area contributed by atoms with E-state index < -0.39 is 10.0 Å². The van der Waals surface area contributed by atoms with Crippen LogP contribution in [0, 0.1) is 11.4 Å². The van der Waals surface area contributed by atoms with Crippen molar-refractivity contribution < 1.29 is 13.2 Å². The molecule has 2 aromatic rings. The summed E-state index contributed by atoms with van der Waals surface area (Å²) in [6.07, 6.45) is 5.22. The van der Waals surface area contributed by atoms with Crippen LogP contribution >= 0.6 is 27.5 Å². The number of nitrogens with one attached hydrogen (secondary N) is 2. The lowest BCUT2D eigenvalue weighted by Gasteiger charge is -2.33. The summed E-state index contributed by atoms with van der Waals surface area (Å²) < 4.78 is 31.7. The second kappa shape index (κ2) is 10.2. The second-order valence-electron chi connectivity index (χ2n) is 8.37. The first kappa shape index (κ1) is 24.3. The molecule has 1 aromatic heterocycles. The van der Waals surface area contributed by atoms with Crippen LogP contribution in [0.5, 0.6) is 11.6 Å². The van der Waals surface area contributed by atoms with Crippen LogP contribution in [0.2, 0.25) is 5.02 Å². The highest BCUT2D eigenvalue weighted by atomic mass is 79.9. The van der Waals surface area contributed by atoms with Crippen LogP contribution in [0.4, 0.5) is 11.4 Å². The Morgan fingerprint density at radius 1 is 1.30 bits per heavy atom. The molecule has 2 fully saturated rings. The third-order valence-electron chi connectivity index (χ3n) is 5.76. The first-order chi connectivity index (χ1) is 15.7. The van der Waals surface area contributed by atoms with E-state index in [-0.39, 0.29) is 0 Å². The smallest absolute Gasteiger partial charge is 0.223 e. The number of rotatable bonds is 9. The van der Waals surface area contributed by atoms with Crippen LogP contribution in [-0.4, -0.2) is 61.6 Å². The maximum absolute atomic E-state index is 11.8. The van der Waals surface area contributed by atoms with E-state index in [0.717, 1.165) is 17.8 Å². The number of ether oxygens (including phenoxy) is 1. The van der Waals surface area contributed by atoms with Gasteiger partial charge in [0.25, 0.3) is 0 Å². The van der Waals surface area contributed by atoms with E-state index in [1.165, 1.54) is 29.6 Å². The van der Waals surface area contributed by atoms with E-state index in [4.69, 9.17) is 21.9 Å². The fourth-order valence-electron chi connectivity index (χ4n) is 3.69. The van der Waals surface area contributed by atoms with Gasteiger partial charge in [0.1, 0.15) is 11.4 Å². The predicted octanol–water partition coefficient (Wildman–Crippen LogP) is 4.85. The molecule has 12 heteroatoms. The van der Waals surface area contributed by atoms with Gasteiger partial charge in [0.2, 0.25) is 15.9 Å². The van der Waals surface area contributed by atoms with Crippen LogP contribution in [0.15, 0.2) is 34.0 Å². The zero-order chi connectivity index (χ0) is 23.6. The molecule has 0 bridgehead atoms. The molecule has 1 saturated heterocycles. The van der Waals surface area contributed by atoms with Crippen molar-refractivity contribution >= 4 is 48.9 Å². The highest BCUT2D eigenvalue weighted by Crippen LogP contribution is 2.43. The zero-order valence-corrected chi connectivity index (χ0v) is 21.4. The molecule has 2 heterocycles. The van der Waals surface area contributed by atoms with Crippen LogP contribution in [-0.2, 0) is 16.6 Å². The molecule has 1 aromatic carbocycles. The fourth-order valence-corrected chi connectivity index (χ4v) is 5.21. The summed E-state index contributed by atoms with van der Waals surface area (Å²) in [5.41, 5.74) is 9.67. The van der Waals surface area contributed by atoms with E-state index in [1.54, 1.807) is 0 Å². The van der Waals surface area contributed by atoms with Crippen molar-refractivity contribution in [2.24, 2.45) is 11.0 Å². The predicted molar refractivity (Wildman–Crippen MR) is 131 cm³/mol. The molecule has 33 heavy (non-hydrogen) atoms. The van der Waals surface area contributed by atoms with Gasteiger partial charge < -0.3 is 10.1 Å². The van der Waals surface area contributed by atoms with E-state index in [2.05, 4.69) is 36.2 Å². The zero-order valence-electron chi connectivity index (χ0n) is 18.2. The topological polar surface area (TPSA) is 111 Å². The lowest BCUT2D eigenvalue weighted by atomic mass is 10.2. The molecule has 2 N–H and O–H groups in total. The molecule has 2 aliphatic rings. The lowest BCUT2D eigenvalue weighted by Crippen LogP contribution is -2.47. The molecule has 0 amide bonds. The number of aromatic nitrogens is 1. The Hall–Kier alpha value is -1.79. The van der Waals surface area contributed by atoms with Gasteiger partial charge in [0.15, 0.2) is 0 Å². The Bertz CT molecular complexity index is 1140. The van der Waals surface area contributed by atoms with Gasteiger partial charge in [0, 0.05) is 51.0 Å². The number of pyridine rings is 1. The van der Waals surface area contributed by atoms with Crippen molar-refractivity contribution in [3.05, 3.63) is 39.5 Å². The molecule has 178 valence electrons. The maximum Gasteiger partial charge on any atom is 0.223 e. The number of piperazine rings is 1. The van der Waals surface area contributed by atoms with Gasteiger partial charge in [-0.15, -0.1) is 0 Å². The van der Waals surface area contributed by atoms with E-state index in [0.29, 0.717) is 65.5 Å². The average molecular weight is 558 g/mol. The van der Waals surface area contributed by atoms with Gasteiger partial charge >= 0.3 is 0 Å². The Balaban J connectivity index is 1.50. The lowest BCUT2D eigenvalue weighted by molar-refractivity contribution is 0.180. The number of anilines is 1. The standard InChI is InChI=1S/C21H26BrClN6O3S/c1-33(30,31)29-8-6-28(7-9-29)13-15-10-16(23)12-26-21(15)32-18-5-4-17(20(27-24)19(18)22)25-11-14-2-3-14/h4-5,10,12,14,24-25H,2-3,6-9,11,13H2,1H3. The molecule has 1 saturated carbocycles.